The molecule has 0 radical (unpaired) electrons. The maximum absolute atomic E-state index is 12.4. The van der Waals surface area contributed by atoms with Gasteiger partial charge in [0.05, 0.1) is 6.61 Å². The van der Waals surface area contributed by atoms with E-state index >= 15 is 0 Å². The Kier molecular flexibility index (Phi) is 76.7. The maximum Gasteiger partial charge on any atom is 0.306 e. The van der Waals surface area contributed by atoms with Crippen molar-refractivity contribution in [1.29, 1.82) is 0 Å². The van der Waals surface area contributed by atoms with Crippen molar-refractivity contribution in [2.75, 3.05) is 13.2 Å². The standard InChI is InChI=1S/C85H150O5/c1-3-5-7-9-11-13-15-17-19-21-23-25-27-29-31-33-35-37-39-40-41-42-43-44-46-47-49-51-53-55-57-59-61-63-65-67-69-71-73-75-77-79-84(87)89-82-83(81-86)90-85(88)80-78-76-74-72-70-68-66-64-62-60-58-56-54-52-50-48-45-38-36-34-32-30-28-26-24-22-20-18-16-14-12-10-8-6-4-2/h6,8,12,14,18,20,24,26,30,32,36,38,48,50,54,56,60,62,83,86H,3-5,7,9-11,13,15-17,19,21-23,25,27-29,31,33-35,37,39-47,49,51-53,55,57-59,61,63-82H2,1-2H3/b8-6-,14-12-,20-18-,26-24-,32-30-,38-36-,50-48-,56-54-,62-60-. The lowest BCUT2D eigenvalue weighted by molar-refractivity contribution is -0.161. The molecule has 0 aromatic rings. The summed E-state index contributed by atoms with van der Waals surface area (Å²) in [6, 6.07) is 0. The molecule has 0 saturated heterocycles. The molecule has 0 fully saturated rings. The third-order valence-electron chi connectivity index (χ3n) is 17.6. The summed E-state index contributed by atoms with van der Waals surface area (Å²) in [5.74, 6) is -0.593. The molecule has 5 heteroatoms. The highest BCUT2D eigenvalue weighted by molar-refractivity contribution is 5.70. The van der Waals surface area contributed by atoms with Crippen LogP contribution in [0, 0.1) is 0 Å². The summed E-state index contributed by atoms with van der Waals surface area (Å²) in [6.07, 6.45) is 116. The molecule has 1 atom stereocenters. The molecule has 0 aliphatic heterocycles. The molecule has 5 nitrogen and oxygen atoms in total. The summed E-state index contributed by atoms with van der Waals surface area (Å²) in [4.78, 5) is 24.7. The monoisotopic (exact) mass is 1250 g/mol. The van der Waals surface area contributed by atoms with Gasteiger partial charge in [0.1, 0.15) is 6.61 Å². The zero-order valence-corrected chi connectivity index (χ0v) is 59.9. The average molecular weight is 1250 g/mol. The van der Waals surface area contributed by atoms with E-state index in [1.165, 1.54) is 270 Å². The Morgan fingerprint density at radius 3 is 0.722 bits per heavy atom. The van der Waals surface area contributed by atoms with Crippen molar-refractivity contribution in [2.45, 2.75) is 405 Å². The van der Waals surface area contributed by atoms with Gasteiger partial charge in [0, 0.05) is 12.8 Å². The van der Waals surface area contributed by atoms with Crippen LogP contribution in [0.15, 0.2) is 109 Å². The number of aliphatic hydroxyl groups is 1. The molecule has 0 heterocycles. The molecule has 1 N–H and O–H groups in total. The molecule has 0 aliphatic rings. The van der Waals surface area contributed by atoms with Crippen LogP contribution in [-0.4, -0.2) is 36.4 Å². The molecule has 0 aromatic carbocycles. The van der Waals surface area contributed by atoms with E-state index in [1.54, 1.807) is 0 Å². The van der Waals surface area contributed by atoms with Crippen LogP contribution in [0.5, 0.6) is 0 Å². The highest BCUT2D eigenvalue weighted by Crippen LogP contribution is 2.19. The summed E-state index contributed by atoms with van der Waals surface area (Å²) in [6.45, 7) is 4.06. The molecule has 0 rings (SSSR count). The fraction of sp³-hybridized carbons (Fsp3) is 0.765. The largest absolute Gasteiger partial charge is 0.462 e. The summed E-state index contributed by atoms with van der Waals surface area (Å²) < 4.78 is 10.8. The van der Waals surface area contributed by atoms with E-state index in [2.05, 4.69) is 123 Å². The van der Waals surface area contributed by atoms with E-state index in [4.69, 9.17) is 9.47 Å². The van der Waals surface area contributed by atoms with Crippen molar-refractivity contribution in [3.63, 3.8) is 0 Å². The number of unbranched alkanes of at least 4 members (excludes halogenated alkanes) is 47. The number of carbonyl (C=O) groups excluding carboxylic acids is 2. The minimum Gasteiger partial charge on any atom is -0.462 e. The highest BCUT2D eigenvalue weighted by Gasteiger charge is 2.16. The first-order valence-corrected chi connectivity index (χ1v) is 39.4. The van der Waals surface area contributed by atoms with Gasteiger partial charge in [-0.1, -0.05) is 412 Å². The fourth-order valence-corrected chi connectivity index (χ4v) is 11.7. The van der Waals surface area contributed by atoms with Gasteiger partial charge in [-0.3, -0.25) is 9.59 Å². The number of aliphatic hydroxyl groups excluding tert-OH is 1. The second kappa shape index (κ2) is 79.8. The Labute approximate surface area is 561 Å². The quantitative estimate of drug-likeness (QED) is 0.0373. The minimum absolute atomic E-state index is 0.0723. The van der Waals surface area contributed by atoms with Gasteiger partial charge in [-0.05, 0) is 83.5 Å². The first kappa shape index (κ1) is 86.6. The first-order chi connectivity index (χ1) is 44.6. The number of hydrogen-bond acceptors (Lipinski definition) is 5. The predicted molar refractivity (Wildman–Crippen MR) is 399 cm³/mol. The highest BCUT2D eigenvalue weighted by atomic mass is 16.6. The van der Waals surface area contributed by atoms with E-state index in [0.717, 1.165) is 103 Å². The van der Waals surface area contributed by atoms with E-state index in [0.29, 0.717) is 12.8 Å². The van der Waals surface area contributed by atoms with Crippen molar-refractivity contribution in [3.8, 4) is 0 Å². The van der Waals surface area contributed by atoms with Crippen LogP contribution in [-0.2, 0) is 19.1 Å². The normalized spacial score (nSPS) is 12.8. The van der Waals surface area contributed by atoms with Crippen molar-refractivity contribution in [2.24, 2.45) is 0 Å². The number of rotatable bonds is 73. The molecular formula is C85H150O5. The molecule has 520 valence electrons. The molecule has 0 aliphatic carbocycles. The van der Waals surface area contributed by atoms with Gasteiger partial charge in [-0.2, -0.15) is 0 Å². The number of allylic oxidation sites excluding steroid dienone is 18. The minimum atomic E-state index is -0.786. The number of esters is 2. The van der Waals surface area contributed by atoms with E-state index < -0.39 is 6.10 Å². The molecule has 1 unspecified atom stereocenters. The van der Waals surface area contributed by atoms with Crippen molar-refractivity contribution in [3.05, 3.63) is 109 Å². The molecule has 0 saturated carbocycles. The second-order valence-corrected chi connectivity index (χ2v) is 26.4. The van der Waals surface area contributed by atoms with E-state index in [-0.39, 0.29) is 25.2 Å². The first-order valence-electron chi connectivity index (χ1n) is 39.4. The third kappa shape index (κ3) is 77.0. The van der Waals surface area contributed by atoms with E-state index in [1.807, 2.05) is 0 Å². The molecule has 0 bridgehead atoms. The number of hydrogen-bond donors (Lipinski definition) is 1. The molecule has 90 heavy (non-hydrogen) atoms. The lowest BCUT2D eigenvalue weighted by atomic mass is 10.0. The smallest absolute Gasteiger partial charge is 0.306 e. The fourth-order valence-electron chi connectivity index (χ4n) is 11.7. The van der Waals surface area contributed by atoms with Crippen molar-refractivity contribution >= 4 is 11.9 Å². The van der Waals surface area contributed by atoms with Gasteiger partial charge in [0.2, 0.25) is 0 Å². The van der Waals surface area contributed by atoms with Gasteiger partial charge in [-0.25, -0.2) is 0 Å². The van der Waals surface area contributed by atoms with E-state index in [9.17, 15) is 14.7 Å². The van der Waals surface area contributed by atoms with Gasteiger partial charge in [0.15, 0.2) is 6.10 Å². The molecular weight excluding hydrogens is 1100 g/mol. The lowest BCUT2D eigenvalue weighted by Gasteiger charge is -2.15. The van der Waals surface area contributed by atoms with Crippen LogP contribution in [0.3, 0.4) is 0 Å². The summed E-state index contributed by atoms with van der Waals surface area (Å²) in [5, 5.41) is 9.72. The summed E-state index contributed by atoms with van der Waals surface area (Å²) >= 11 is 0. The molecule has 0 spiro atoms. The van der Waals surface area contributed by atoms with Crippen LogP contribution in [0.2, 0.25) is 0 Å². The molecule has 0 aromatic heterocycles. The topological polar surface area (TPSA) is 72.8 Å². The zero-order valence-electron chi connectivity index (χ0n) is 59.9. The molecule has 0 amide bonds. The predicted octanol–water partition coefficient (Wildman–Crippen LogP) is 27.9. The Morgan fingerprint density at radius 1 is 0.267 bits per heavy atom. The van der Waals surface area contributed by atoms with Crippen molar-refractivity contribution in [1.82, 2.24) is 0 Å². The SMILES string of the molecule is CC/C=C\C/C=C\C/C=C\C/C=C\C/C=C\C/C=C\C/C=C\C/C=C\C/C=C\CCCCCCCCCC(=O)OC(CO)COC(=O)CCCCCCCCCCCCCCCCCCCCCCCCCCCCCCCCCCCCCCCCCCC. The lowest BCUT2D eigenvalue weighted by Crippen LogP contribution is -2.28. The average Bonchev–Trinajstić information content (AvgIpc) is 3.58. The third-order valence-corrected chi connectivity index (χ3v) is 17.6. The maximum atomic E-state index is 12.4. The zero-order chi connectivity index (χ0) is 64.7. The Hall–Kier alpha value is -3.44. The Balaban J connectivity index is 3.45. The Morgan fingerprint density at radius 2 is 0.478 bits per heavy atom. The van der Waals surface area contributed by atoms with Gasteiger partial charge in [0.25, 0.3) is 0 Å². The number of carbonyl (C=O) groups is 2. The Bertz CT molecular complexity index is 1710. The van der Waals surface area contributed by atoms with Crippen LogP contribution in [0.4, 0.5) is 0 Å². The van der Waals surface area contributed by atoms with Crippen LogP contribution in [0.25, 0.3) is 0 Å². The van der Waals surface area contributed by atoms with Gasteiger partial charge >= 0.3 is 11.9 Å². The van der Waals surface area contributed by atoms with Crippen molar-refractivity contribution < 1.29 is 24.2 Å². The number of ether oxygens (including phenoxy) is 2. The van der Waals surface area contributed by atoms with Crippen LogP contribution >= 0.6 is 0 Å². The van der Waals surface area contributed by atoms with Crippen LogP contribution < -0.4 is 0 Å². The van der Waals surface area contributed by atoms with Crippen LogP contribution in [0.1, 0.15) is 399 Å². The summed E-state index contributed by atoms with van der Waals surface area (Å²) in [5.41, 5.74) is 0. The van der Waals surface area contributed by atoms with Gasteiger partial charge < -0.3 is 14.6 Å². The summed E-state index contributed by atoms with van der Waals surface area (Å²) in [7, 11) is 0. The van der Waals surface area contributed by atoms with Gasteiger partial charge in [-0.15, -0.1) is 0 Å². The second-order valence-electron chi connectivity index (χ2n) is 26.4.